The first-order valence-electron chi connectivity index (χ1n) is 9.58. The molecule has 2 fully saturated rings. The molecule has 3 rings (SSSR count). The highest BCUT2D eigenvalue weighted by Gasteiger charge is 2.29. The summed E-state index contributed by atoms with van der Waals surface area (Å²) in [6, 6.07) is 0.383. The lowest BCUT2D eigenvalue weighted by molar-refractivity contribution is 0.0184. The van der Waals surface area contributed by atoms with Crippen LogP contribution in [0.15, 0.2) is 6.20 Å². The van der Waals surface area contributed by atoms with Crippen LogP contribution in [0.5, 0.6) is 0 Å². The van der Waals surface area contributed by atoms with Crippen molar-refractivity contribution < 1.29 is 9.53 Å². The molecule has 0 saturated carbocycles. The van der Waals surface area contributed by atoms with Crippen molar-refractivity contribution in [1.82, 2.24) is 20.0 Å². The van der Waals surface area contributed by atoms with Gasteiger partial charge in [-0.05, 0) is 77.9 Å². The monoisotopic (exact) mass is 348 g/mol. The van der Waals surface area contributed by atoms with Crippen molar-refractivity contribution in [3.63, 3.8) is 0 Å². The number of nitrogens with one attached hydrogen (secondary N) is 1. The van der Waals surface area contributed by atoms with E-state index in [9.17, 15) is 4.79 Å². The van der Waals surface area contributed by atoms with Crippen LogP contribution in [0.3, 0.4) is 0 Å². The predicted molar refractivity (Wildman–Crippen MR) is 97.9 cm³/mol. The molecular weight excluding hydrogens is 316 g/mol. The van der Waals surface area contributed by atoms with E-state index in [1.165, 1.54) is 24.1 Å². The smallest absolute Gasteiger partial charge is 0.410 e. The zero-order chi connectivity index (χ0) is 18.0. The number of carbonyl (C=O) groups is 1. The first-order valence-corrected chi connectivity index (χ1v) is 9.58. The molecule has 0 spiro atoms. The fourth-order valence-electron chi connectivity index (χ4n) is 3.96. The Kier molecular flexibility index (Phi) is 5.37. The lowest BCUT2D eigenvalue weighted by Crippen LogP contribution is -2.42. The van der Waals surface area contributed by atoms with E-state index in [1.807, 2.05) is 25.7 Å². The number of nitrogens with zero attached hydrogens (tertiary/aromatic N) is 3. The second kappa shape index (κ2) is 7.36. The van der Waals surface area contributed by atoms with Gasteiger partial charge in [0, 0.05) is 18.8 Å². The van der Waals surface area contributed by atoms with Crippen LogP contribution in [-0.2, 0) is 4.74 Å². The average Bonchev–Trinajstić information content (AvgIpc) is 2.96. The van der Waals surface area contributed by atoms with E-state index in [2.05, 4.69) is 23.1 Å². The standard InChI is InChI=1S/C19H32N4O2/c1-14-17(15-5-9-20-10-6-15)13-21-23(14)16-7-11-22(12-8-16)18(24)25-19(2,3)4/h13,15-16,20H,5-12H2,1-4H3. The van der Waals surface area contributed by atoms with E-state index in [1.54, 1.807) is 0 Å². The van der Waals surface area contributed by atoms with E-state index in [-0.39, 0.29) is 6.09 Å². The van der Waals surface area contributed by atoms with Crippen LogP contribution in [0.1, 0.15) is 69.7 Å². The maximum absolute atomic E-state index is 12.2. The molecule has 1 amide bonds. The summed E-state index contributed by atoms with van der Waals surface area (Å²) in [5.74, 6) is 0.636. The van der Waals surface area contributed by atoms with Crippen LogP contribution >= 0.6 is 0 Å². The molecule has 2 saturated heterocycles. The fourth-order valence-corrected chi connectivity index (χ4v) is 3.96. The van der Waals surface area contributed by atoms with Crippen LogP contribution in [0.4, 0.5) is 4.79 Å². The minimum atomic E-state index is -0.434. The first kappa shape index (κ1) is 18.2. The molecule has 1 aromatic rings. The van der Waals surface area contributed by atoms with Crippen LogP contribution in [0.25, 0.3) is 0 Å². The Bertz CT molecular complexity index is 591. The van der Waals surface area contributed by atoms with Gasteiger partial charge in [0.2, 0.25) is 0 Å². The number of rotatable bonds is 2. The molecule has 6 nitrogen and oxygen atoms in total. The molecule has 0 radical (unpaired) electrons. The minimum Gasteiger partial charge on any atom is -0.444 e. The number of hydrogen-bond acceptors (Lipinski definition) is 4. The lowest BCUT2D eigenvalue weighted by Gasteiger charge is -2.34. The van der Waals surface area contributed by atoms with E-state index in [0.717, 1.165) is 39.0 Å². The SMILES string of the molecule is Cc1c(C2CCNCC2)cnn1C1CCN(C(=O)OC(C)(C)C)CC1. The third-order valence-electron chi connectivity index (χ3n) is 5.32. The molecule has 0 bridgehead atoms. The molecule has 2 aliphatic rings. The molecule has 3 heterocycles. The van der Waals surface area contributed by atoms with Gasteiger partial charge in [0.15, 0.2) is 0 Å². The van der Waals surface area contributed by atoms with Gasteiger partial charge in [0.1, 0.15) is 5.60 Å². The summed E-state index contributed by atoms with van der Waals surface area (Å²) in [4.78, 5) is 14.0. The molecule has 1 aromatic heterocycles. The molecule has 6 heteroatoms. The molecule has 2 aliphatic heterocycles. The lowest BCUT2D eigenvalue weighted by atomic mass is 9.90. The summed E-state index contributed by atoms with van der Waals surface area (Å²) in [7, 11) is 0. The predicted octanol–water partition coefficient (Wildman–Crippen LogP) is 3.23. The topological polar surface area (TPSA) is 59.4 Å². The Morgan fingerprint density at radius 1 is 1.20 bits per heavy atom. The van der Waals surface area contributed by atoms with E-state index in [4.69, 9.17) is 9.84 Å². The third kappa shape index (κ3) is 4.35. The molecule has 25 heavy (non-hydrogen) atoms. The Morgan fingerprint density at radius 2 is 1.84 bits per heavy atom. The number of ether oxygens (including phenoxy) is 1. The molecule has 0 unspecified atom stereocenters. The van der Waals surface area contributed by atoms with Gasteiger partial charge in [0.05, 0.1) is 12.2 Å². The van der Waals surface area contributed by atoms with Crippen molar-refractivity contribution >= 4 is 6.09 Å². The van der Waals surface area contributed by atoms with Gasteiger partial charge in [-0.25, -0.2) is 4.79 Å². The highest BCUT2D eigenvalue weighted by molar-refractivity contribution is 5.68. The van der Waals surface area contributed by atoms with Gasteiger partial charge in [-0.15, -0.1) is 0 Å². The summed E-state index contributed by atoms with van der Waals surface area (Å²) >= 11 is 0. The Balaban J connectivity index is 1.60. The zero-order valence-corrected chi connectivity index (χ0v) is 16.0. The molecule has 140 valence electrons. The van der Waals surface area contributed by atoms with E-state index >= 15 is 0 Å². The Hall–Kier alpha value is -1.56. The van der Waals surface area contributed by atoms with Gasteiger partial charge in [-0.2, -0.15) is 5.10 Å². The van der Waals surface area contributed by atoms with Crippen molar-refractivity contribution in [2.24, 2.45) is 0 Å². The number of aromatic nitrogens is 2. The first-order chi connectivity index (χ1) is 11.8. The number of amides is 1. The molecule has 1 N–H and O–H groups in total. The number of piperidine rings is 2. The maximum atomic E-state index is 12.2. The molecule has 0 aliphatic carbocycles. The van der Waals surface area contributed by atoms with Crippen LogP contribution in [-0.4, -0.2) is 52.6 Å². The Labute approximate surface area is 150 Å². The number of carbonyl (C=O) groups excluding carboxylic acids is 1. The summed E-state index contributed by atoms with van der Waals surface area (Å²) in [5.41, 5.74) is 2.29. The molecule has 0 aromatic carbocycles. The largest absolute Gasteiger partial charge is 0.444 e. The zero-order valence-electron chi connectivity index (χ0n) is 16.0. The van der Waals surface area contributed by atoms with Crippen molar-refractivity contribution in [2.75, 3.05) is 26.2 Å². The van der Waals surface area contributed by atoms with Gasteiger partial charge in [-0.3, -0.25) is 4.68 Å². The van der Waals surface area contributed by atoms with Gasteiger partial charge < -0.3 is 15.0 Å². The van der Waals surface area contributed by atoms with Gasteiger partial charge in [-0.1, -0.05) is 0 Å². The number of hydrogen-bond donors (Lipinski definition) is 1. The second-order valence-electron chi connectivity index (χ2n) is 8.35. The van der Waals surface area contributed by atoms with Gasteiger partial charge in [0.25, 0.3) is 0 Å². The van der Waals surface area contributed by atoms with E-state index < -0.39 is 5.60 Å². The van der Waals surface area contributed by atoms with Gasteiger partial charge >= 0.3 is 6.09 Å². The number of likely N-dealkylation sites (tertiary alicyclic amines) is 1. The van der Waals surface area contributed by atoms with Crippen molar-refractivity contribution in [2.45, 2.75) is 70.9 Å². The summed E-state index contributed by atoms with van der Waals surface area (Å²) in [6.45, 7) is 11.6. The quantitative estimate of drug-likeness (QED) is 0.891. The highest BCUT2D eigenvalue weighted by Crippen LogP contribution is 2.31. The van der Waals surface area contributed by atoms with Crippen LogP contribution < -0.4 is 5.32 Å². The summed E-state index contributed by atoms with van der Waals surface area (Å²) in [6.07, 6.45) is 6.15. The Morgan fingerprint density at radius 3 is 2.44 bits per heavy atom. The molecule has 0 atom stereocenters. The van der Waals surface area contributed by atoms with E-state index in [0.29, 0.717) is 12.0 Å². The molecular formula is C19H32N4O2. The van der Waals surface area contributed by atoms with Crippen molar-refractivity contribution in [3.8, 4) is 0 Å². The highest BCUT2D eigenvalue weighted by atomic mass is 16.6. The summed E-state index contributed by atoms with van der Waals surface area (Å²) < 4.78 is 7.68. The normalized spacial score (nSPS) is 20.7. The third-order valence-corrected chi connectivity index (χ3v) is 5.32. The minimum absolute atomic E-state index is 0.196. The second-order valence-corrected chi connectivity index (χ2v) is 8.35. The maximum Gasteiger partial charge on any atom is 0.410 e. The van der Waals surface area contributed by atoms with Crippen LogP contribution in [0.2, 0.25) is 0 Å². The van der Waals surface area contributed by atoms with Crippen molar-refractivity contribution in [1.29, 1.82) is 0 Å². The summed E-state index contributed by atoms with van der Waals surface area (Å²) in [5, 5.41) is 8.13. The average molecular weight is 348 g/mol. The van der Waals surface area contributed by atoms with Crippen molar-refractivity contribution in [3.05, 3.63) is 17.5 Å². The fraction of sp³-hybridized carbons (Fsp3) is 0.789. The van der Waals surface area contributed by atoms with Crippen LogP contribution in [0, 0.1) is 6.92 Å².